The molecule has 0 aliphatic heterocycles. The van der Waals surface area contributed by atoms with E-state index in [2.05, 4.69) is 46.0 Å². The van der Waals surface area contributed by atoms with Crippen LogP contribution in [0.5, 0.6) is 0 Å². The molecule has 0 radical (unpaired) electrons. The van der Waals surface area contributed by atoms with E-state index in [4.69, 9.17) is 15.0 Å². The number of fused-ring (bicyclic) bond motifs is 1. The molecule has 3 aromatic heterocycles. The van der Waals surface area contributed by atoms with E-state index >= 15 is 0 Å². The van der Waals surface area contributed by atoms with Gasteiger partial charge in [-0.05, 0) is 37.8 Å². The number of aliphatic hydroxyl groups is 1. The minimum Gasteiger partial charge on any atom is -0.396 e. The van der Waals surface area contributed by atoms with Crippen molar-refractivity contribution in [1.29, 1.82) is 0 Å². The molecule has 5 nitrogen and oxygen atoms in total. The van der Waals surface area contributed by atoms with Gasteiger partial charge in [-0.3, -0.25) is 4.98 Å². The summed E-state index contributed by atoms with van der Waals surface area (Å²) in [6.07, 6.45) is 3.79. The van der Waals surface area contributed by atoms with Crippen LogP contribution in [0.15, 0.2) is 18.3 Å². The van der Waals surface area contributed by atoms with E-state index in [1.165, 1.54) is 0 Å². The Kier molecular flexibility index (Phi) is 5.61. The first-order valence-electron chi connectivity index (χ1n) is 9.85. The van der Waals surface area contributed by atoms with Gasteiger partial charge in [0.2, 0.25) is 0 Å². The lowest BCUT2D eigenvalue weighted by molar-refractivity contribution is 0.263. The van der Waals surface area contributed by atoms with Crippen LogP contribution >= 0.6 is 0 Å². The van der Waals surface area contributed by atoms with E-state index in [9.17, 15) is 5.11 Å². The van der Waals surface area contributed by atoms with Crippen LogP contribution in [-0.2, 0) is 13.5 Å². The second kappa shape index (κ2) is 7.77. The van der Waals surface area contributed by atoms with Crippen molar-refractivity contribution in [3.8, 4) is 11.3 Å². The lowest BCUT2D eigenvalue weighted by atomic mass is 9.99. The predicted octanol–water partition coefficient (Wildman–Crippen LogP) is 4.51. The molecule has 0 aliphatic carbocycles. The van der Waals surface area contributed by atoms with Gasteiger partial charge >= 0.3 is 0 Å². The summed E-state index contributed by atoms with van der Waals surface area (Å²) < 4.78 is 2.01. The Morgan fingerprint density at radius 1 is 1.11 bits per heavy atom. The predicted molar refractivity (Wildman–Crippen MR) is 110 cm³/mol. The molecule has 0 saturated carbocycles. The van der Waals surface area contributed by atoms with E-state index < -0.39 is 0 Å². The van der Waals surface area contributed by atoms with Crippen molar-refractivity contribution in [2.75, 3.05) is 6.61 Å². The van der Waals surface area contributed by atoms with Gasteiger partial charge < -0.3 is 9.67 Å². The number of rotatable bonds is 6. The van der Waals surface area contributed by atoms with Gasteiger partial charge in [0.1, 0.15) is 5.52 Å². The Morgan fingerprint density at radius 3 is 2.44 bits per heavy atom. The molecular formula is C22H30N4O. The normalized spacial score (nSPS) is 12.9. The van der Waals surface area contributed by atoms with Gasteiger partial charge in [0.15, 0.2) is 5.65 Å². The summed E-state index contributed by atoms with van der Waals surface area (Å²) in [4.78, 5) is 14.7. The fourth-order valence-corrected chi connectivity index (χ4v) is 3.61. The first-order chi connectivity index (χ1) is 12.9. The van der Waals surface area contributed by atoms with Crippen LogP contribution in [0.25, 0.3) is 22.4 Å². The van der Waals surface area contributed by atoms with Gasteiger partial charge in [-0.25, -0.2) is 9.97 Å². The van der Waals surface area contributed by atoms with E-state index in [1.807, 2.05) is 18.5 Å². The highest BCUT2D eigenvalue weighted by atomic mass is 16.3. The third kappa shape index (κ3) is 3.48. The summed E-state index contributed by atoms with van der Waals surface area (Å²) in [6.45, 7) is 10.7. The van der Waals surface area contributed by atoms with Crippen LogP contribution < -0.4 is 0 Å². The highest BCUT2D eigenvalue weighted by molar-refractivity contribution is 5.80. The number of aromatic nitrogens is 4. The molecular weight excluding hydrogens is 336 g/mol. The van der Waals surface area contributed by atoms with Crippen molar-refractivity contribution >= 4 is 11.2 Å². The third-order valence-corrected chi connectivity index (χ3v) is 5.32. The van der Waals surface area contributed by atoms with Crippen molar-refractivity contribution in [3.05, 3.63) is 41.0 Å². The molecule has 0 amide bonds. The lowest BCUT2D eigenvalue weighted by Gasteiger charge is -2.13. The van der Waals surface area contributed by atoms with Gasteiger partial charge in [0.25, 0.3) is 0 Å². The molecule has 0 saturated heterocycles. The van der Waals surface area contributed by atoms with Crippen LogP contribution in [0.1, 0.15) is 68.6 Å². The first-order valence-corrected chi connectivity index (χ1v) is 9.85. The highest BCUT2D eigenvalue weighted by Crippen LogP contribution is 2.31. The smallest absolute Gasteiger partial charge is 0.159 e. The number of aryl methyl sites for hydroxylation is 3. The van der Waals surface area contributed by atoms with Gasteiger partial charge in [-0.2, -0.15) is 0 Å². The average molecular weight is 367 g/mol. The van der Waals surface area contributed by atoms with Crippen molar-refractivity contribution in [2.45, 2.75) is 59.3 Å². The maximum atomic E-state index is 9.72. The summed E-state index contributed by atoms with van der Waals surface area (Å²) >= 11 is 0. The summed E-state index contributed by atoms with van der Waals surface area (Å²) in [5.74, 6) is 0.491. The van der Waals surface area contributed by atoms with Crippen LogP contribution in [0, 0.1) is 6.92 Å². The number of nitrogens with zero attached hydrogens (tertiary/aromatic N) is 4. The maximum Gasteiger partial charge on any atom is 0.159 e. The minimum absolute atomic E-state index is 0.0893. The highest BCUT2D eigenvalue weighted by Gasteiger charge is 2.20. The number of hydrogen-bond acceptors (Lipinski definition) is 4. The maximum absolute atomic E-state index is 9.72. The molecule has 27 heavy (non-hydrogen) atoms. The zero-order chi connectivity index (χ0) is 19.7. The molecule has 144 valence electrons. The number of pyridine rings is 1. The average Bonchev–Trinajstić information content (AvgIpc) is 2.97. The zero-order valence-electron chi connectivity index (χ0n) is 17.2. The topological polar surface area (TPSA) is 63.8 Å². The Balaban J connectivity index is 2.20. The summed E-state index contributed by atoms with van der Waals surface area (Å²) in [6, 6.07) is 4.23. The molecule has 3 aromatic rings. The number of aliphatic hydroxyl groups excluding tert-OH is 1. The molecule has 0 spiro atoms. The molecule has 0 fully saturated rings. The van der Waals surface area contributed by atoms with Gasteiger partial charge in [0.05, 0.1) is 18.0 Å². The molecule has 5 heteroatoms. The van der Waals surface area contributed by atoms with E-state index in [-0.39, 0.29) is 12.5 Å². The quantitative estimate of drug-likeness (QED) is 0.697. The monoisotopic (exact) mass is 366 g/mol. The Morgan fingerprint density at radius 2 is 1.85 bits per heavy atom. The second-order valence-corrected chi connectivity index (χ2v) is 7.55. The van der Waals surface area contributed by atoms with E-state index in [0.29, 0.717) is 5.92 Å². The van der Waals surface area contributed by atoms with Crippen molar-refractivity contribution in [3.63, 3.8) is 0 Å². The summed E-state index contributed by atoms with van der Waals surface area (Å²) in [5.41, 5.74) is 7.85. The summed E-state index contributed by atoms with van der Waals surface area (Å²) in [7, 11) is 1.99. The Bertz CT molecular complexity index is 955. The fourth-order valence-electron chi connectivity index (χ4n) is 3.61. The molecule has 0 aromatic carbocycles. The van der Waals surface area contributed by atoms with Crippen LogP contribution in [-0.4, -0.2) is 31.2 Å². The van der Waals surface area contributed by atoms with E-state index in [1.54, 1.807) is 0 Å². The molecule has 1 unspecified atom stereocenters. The lowest BCUT2D eigenvalue weighted by Crippen LogP contribution is -2.04. The molecule has 0 bridgehead atoms. The Labute approximate surface area is 161 Å². The largest absolute Gasteiger partial charge is 0.396 e. The zero-order valence-corrected chi connectivity index (χ0v) is 17.2. The fraction of sp³-hybridized carbons (Fsp3) is 0.500. The second-order valence-electron chi connectivity index (χ2n) is 7.55. The molecule has 3 heterocycles. The van der Waals surface area contributed by atoms with Gasteiger partial charge in [-0.15, -0.1) is 0 Å². The molecule has 3 rings (SSSR count). The third-order valence-electron chi connectivity index (χ3n) is 5.32. The van der Waals surface area contributed by atoms with Crippen molar-refractivity contribution in [2.24, 2.45) is 7.05 Å². The van der Waals surface area contributed by atoms with Crippen LogP contribution in [0.3, 0.4) is 0 Å². The van der Waals surface area contributed by atoms with E-state index in [0.717, 1.165) is 57.9 Å². The SMILES string of the molecule is CCc1nc(C(C)C)ccc1-c1nc2c(nc1C)c(C(CC)CO)cn2C. The molecule has 1 N–H and O–H groups in total. The number of hydrogen-bond donors (Lipinski definition) is 1. The standard InChI is InChI=1S/C22H30N4O/c1-7-15(12-27)17-11-26(6)22-21(17)23-14(5)20(25-22)16-9-10-19(13(3)4)24-18(16)8-2/h9-11,13,15,27H,7-8,12H2,1-6H3. The van der Waals surface area contributed by atoms with Gasteiger partial charge in [-0.1, -0.05) is 27.7 Å². The Hall–Kier alpha value is -2.27. The molecule has 1 atom stereocenters. The summed E-state index contributed by atoms with van der Waals surface area (Å²) in [5, 5.41) is 9.72. The minimum atomic E-state index is 0.0893. The van der Waals surface area contributed by atoms with Crippen LogP contribution in [0.2, 0.25) is 0 Å². The van der Waals surface area contributed by atoms with Gasteiger partial charge in [0, 0.05) is 41.7 Å². The van der Waals surface area contributed by atoms with Crippen molar-refractivity contribution < 1.29 is 5.11 Å². The van der Waals surface area contributed by atoms with Crippen LogP contribution in [0.4, 0.5) is 0 Å². The van der Waals surface area contributed by atoms with Crippen molar-refractivity contribution in [1.82, 2.24) is 19.5 Å². The first kappa shape index (κ1) is 19.5. The molecule has 0 aliphatic rings.